The second-order valence-corrected chi connectivity index (χ2v) is 4.21. The van der Waals surface area contributed by atoms with Crippen LogP contribution in [-0.4, -0.2) is 38.2 Å². The van der Waals surface area contributed by atoms with Gasteiger partial charge in [0.15, 0.2) is 11.6 Å². The smallest absolute Gasteiger partial charge is 0.167 e. The van der Waals surface area contributed by atoms with E-state index in [1.807, 2.05) is 0 Å². The van der Waals surface area contributed by atoms with Crippen molar-refractivity contribution in [2.45, 2.75) is 6.54 Å². The number of rotatable bonds is 3. The highest BCUT2D eigenvalue weighted by atomic mass is 19.1. The topological polar surface area (TPSA) is 50.5 Å². The van der Waals surface area contributed by atoms with Crippen molar-refractivity contribution < 1.29 is 9.13 Å². The average Bonchev–Trinajstić information content (AvgIpc) is 2.34. The molecule has 1 aliphatic rings. The third kappa shape index (κ3) is 2.87. The lowest BCUT2D eigenvalue weighted by Gasteiger charge is -2.27. The number of ether oxygens (including phenoxy) is 1. The number of nitrogens with zero attached hydrogens (tertiary/aromatic N) is 1. The largest absolute Gasteiger partial charge is 0.494 e. The number of anilines is 1. The molecule has 0 aromatic heterocycles. The van der Waals surface area contributed by atoms with Gasteiger partial charge in [-0.2, -0.15) is 0 Å². The minimum atomic E-state index is -0.408. The third-order valence-electron chi connectivity index (χ3n) is 3.02. The summed E-state index contributed by atoms with van der Waals surface area (Å²) in [6, 6.07) is 3.02. The summed E-state index contributed by atoms with van der Waals surface area (Å²) in [5.74, 6) is -0.154. The molecule has 0 bridgehead atoms. The molecule has 94 valence electrons. The first-order valence-corrected chi connectivity index (χ1v) is 5.75. The predicted octanol–water partition coefficient (Wildman–Crippen LogP) is 0.822. The van der Waals surface area contributed by atoms with Crippen molar-refractivity contribution in [1.29, 1.82) is 0 Å². The quantitative estimate of drug-likeness (QED) is 0.767. The molecule has 0 amide bonds. The SMILES string of the molecule is COc1cc(CN2CCNCC2)c(N)cc1F. The Morgan fingerprint density at radius 2 is 2.12 bits per heavy atom. The monoisotopic (exact) mass is 239 g/mol. The van der Waals surface area contributed by atoms with Crippen molar-refractivity contribution in [2.75, 3.05) is 39.0 Å². The molecule has 0 saturated carbocycles. The first-order chi connectivity index (χ1) is 8.20. The molecule has 0 spiro atoms. The number of nitrogens with one attached hydrogen (secondary N) is 1. The molecule has 3 N–H and O–H groups in total. The highest BCUT2D eigenvalue weighted by Gasteiger charge is 2.14. The molecule has 0 atom stereocenters. The van der Waals surface area contributed by atoms with Gasteiger partial charge in [-0.25, -0.2) is 4.39 Å². The summed E-state index contributed by atoms with van der Waals surface area (Å²) >= 11 is 0. The van der Waals surface area contributed by atoms with Crippen molar-refractivity contribution in [2.24, 2.45) is 0 Å². The van der Waals surface area contributed by atoms with Crippen LogP contribution in [-0.2, 0) is 6.54 Å². The third-order valence-corrected chi connectivity index (χ3v) is 3.02. The second-order valence-electron chi connectivity index (χ2n) is 4.21. The summed E-state index contributed by atoms with van der Waals surface area (Å²) in [5.41, 5.74) is 7.23. The molecule has 1 aromatic rings. The standard InChI is InChI=1S/C12H18FN3O/c1-17-12-6-9(11(14)7-10(12)13)8-16-4-2-15-3-5-16/h6-7,15H,2-5,8,14H2,1H3. The lowest BCUT2D eigenvalue weighted by molar-refractivity contribution is 0.233. The van der Waals surface area contributed by atoms with Gasteiger partial charge >= 0.3 is 0 Å². The van der Waals surface area contributed by atoms with Crippen molar-refractivity contribution in [3.63, 3.8) is 0 Å². The Labute approximate surface area is 101 Å². The maximum atomic E-state index is 13.4. The average molecular weight is 239 g/mol. The molecule has 1 heterocycles. The molecule has 17 heavy (non-hydrogen) atoms. The molecule has 1 saturated heterocycles. The van der Waals surface area contributed by atoms with E-state index in [1.54, 1.807) is 6.07 Å². The van der Waals surface area contributed by atoms with Crippen LogP contribution < -0.4 is 15.8 Å². The van der Waals surface area contributed by atoms with E-state index in [4.69, 9.17) is 10.5 Å². The molecule has 1 fully saturated rings. The fraction of sp³-hybridized carbons (Fsp3) is 0.500. The van der Waals surface area contributed by atoms with E-state index in [2.05, 4.69) is 10.2 Å². The van der Waals surface area contributed by atoms with Crippen molar-refractivity contribution in [3.8, 4) is 5.75 Å². The molecule has 2 rings (SSSR count). The minimum absolute atomic E-state index is 0.254. The van der Waals surface area contributed by atoms with Crippen LogP contribution in [0.25, 0.3) is 0 Å². The molecule has 1 aliphatic heterocycles. The van der Waals surface area contributed by atoms with Crippen molar-refractivity contribution >= 4 is 5.69 Å². The van der Waals surface area contributed by atoms with E-state index >= 15 is 0 Å². The van der Waals surface area contributed by atoms with Crippen LogP contribution in [0.15, 0.2) is 12.1 Å². The second kappa shape index (κ2) is 5.33. The van der Waals surface area contributed by atoms with Gasteiger partial charge in [-0.3, -0.25) is 4.90 Å². The Hall–Kier alpha value is -1.33. The first-order valence-electron chi connectivity index (χ1n) is 5.75. The molecule has 0 radical (unpaired) electrons. The van der Waals surface area contributed by atoms with E-state index in [-0.39, 0.29) is 5.75 Å². The Kier molecular flexibility index (Phi) is 3.81. The van der Waals surface area contributed by atoms with E-state index in [1.165, 1.54) is 13.2 Å². The highest BCUT2D eigenvalue weighted by Crippen LogP contribution is 2.25. The zero-order valence-electron chi connectivity index (χ0n) is 10.0. The summed E-state index contributed by atoms with van der Waals surface area (Å²) in [6.45, 7) is 4.68. The number of nitrogens with two attached hydrogens (primary N) is 1. The minimum Gasteiger partial charge on any atom is -0.494 e. The molecule has 4 nitrogen and oxygen atoms in total. The fourth-order valence-corrected chi connectivity index (χ4v) is 2.01. The van der Waals surface area contributed by atoms with Gasteiger partial charge in [0.25, 0.3) is 0 Å². The molecular weight excluding hydrogens is 221 g/mol. The van der Waals surface area contributed by atoms with Crippen LogP contribution in [0.3, 0.4) is 0 Å². The number of hydrogen-bond acceptors (Lipinski definition) is 4. The van der Waals surface area contributed by atoms with E-state index < -0.39 is 5.82 Å². The number of hydrogen-bond donors (Lipinski definition) is 2. The van der Waals surface area contributed by atoms with Crippen LogP contribution in [0, 0.1) is 5.82 Å². The van der Waals surface area contributed by atoms with E-state index in [0.29, 0.717) is 5.69 Å². The van der Waals surface area contributed by atoms with Crippen LogP contribution in [0.5, 0.6) is 5.75 Å². The molecule has 5 heteroatoms. The number of halogens is 1. The van der Waals surface area contributed by atoms with Gasteiger partial charge in [-0.05, 0) is 11.6 Å². The maximum Gasteiger partial charge on any atom is 0.167 e. The molecule has 0 unspecified atom stereocenters. The Balaban J connectivity index is 2.13. The zero-order valence-corrected chi connectivity index (χ0v) is 10.0. The van der Waals surface area contributed by atoms with Crippen LogP contribution in [0.4, 0.5) is 10.1 Å². The maximum absolute atomic E-state index is 13.4. The Morgan fingerprint density at radius 1 is 1.41 bits per heavy atom. The summed E-state index contributed by atoms with van der Waals surface area (Å²) < 4.78 is 18.3. The van der Waals surface area contributed by atoms with Gasteiger partial charge in [0.2, 0.25) is 0 Å². The summed E-state index contributed by atoms with van der Waals surface area (Å²) in [6.07, 6.45) is 0. The fourth-order valence-electron chi connectivity index (χ4n) is 2.01. The number of methoxy groups -OCH3 is 1. The van der Waals surface area contributed by atoms with Crippen molar-refractivity contribution in [3.05, 3.63) is 23.5 Å². The number of piperazine rings is 1. The van der Waals surface area contributed by atoms with Gasteiger partial charge in [0, 0.05) is 44.5 Å². The number of nitrogen functional groups attached to an aromatic ring is 1. The highest BCUT2D eigenvalue weighted by molar-refractivity contribution is 5.51. The molecule has 0 aliphatic carbocycles. The normalized spacial score (nSPS) is 17.1. The molecule has 1 aromatic carbocycles. The molecular formula is C12H18FN3O. The van der Waals surface area contributed by atoms with Gasteiger partial charge < -0.3 is 15.8 Å². The summed E-state index contributed by atoms with van der Waals surface area (Å²) in [7, 11) is 1.46. The summed E-state index contributed by atoms with van der Waals surface area (Å²) in [4.78, 5) is 2.29. The Morgan fingerprint density at radius 3 is 2.76 bits per heavy atom. The lowest BCUT2D eigenvalue weighted by Crippen LogP contribution is -2.43. The van der Waals surface area contributed by atoms with Crippen molar-refractivity contribution in [1.82, 2.24) is 10.2 Å². The van der Waals surface area contributed by atoms with Gasteiger partial charge in [0.1, 0.15) is 0 Å². The van der Waals surface area contributed by atoms with Gasteiger partial charge in [0.05, 0.1) is 7.11 Å². The Bertz CT molecular complexity index is 392. The van der Waals surface area contributed by atoms with E-state index in [0.717, 1.165) is 38.3 Å². The van der Waals surface area contributed by atoms with Crippen LogP contribution in [0.1, 0.15) is 5.56 Å². The predicted molar refractivity (Wildman–Crippen MR) is 65.5 cm³/mol. The van der Waals surface area contributed by atoms with Crippen LogP contribution in [0.2, 0.25) is 0 Å². The zero-order chi connectivity index (χ0) is 12.3. The van der Waals surface area contributed by atoms with Gasteiger partial charge in [-0.1, -0.05) is 0 Å². The first kappa shape index (κ1) is 12.1. The lowest BCUT2D eigenvalue weighted by atomic mass is 10.1. The van der Waals surface area contributed by atoms with Gasteiger partial charge in [-0.15, -0.1) is 0 Å². The van der Waals surface area contributed by atoms with Crippen LogP contribution >= 0.6 is 0 Å². The summed E-state index contributed by atoms with van der Waals surface area (Å²) in [5, 5.41) is 3.29. The van der Waals surface area contributed by atoms with E-state index in [9.17, 15) is 4.39 Å². The number of benzene rings is 1.